The summed E-state index contributed by atoms with van der Waals surface area (Å²) in [5.74, 6) is 1.92. The number of nitrogens with zero attached hydrogens (tertiary/aromatic N) is 5. The van der Waals surface area contributed by atoms with Crippen LogP contribution in [0.1, 0.15) is 24.1 Å². The summed E-state index contributed by atoms with van der Waals surface area (Å²) < 4.78 is 9.65. The van der Waals surface area contributed by atoms with Crippen LogP contribution in [0, 0.1) is 13.8 Å². The van der Waals surface area contributed by atoms with Crippen molar-refractivity contribution < 1.29 is 4.42 Å². The maximum absolute atomic E-state index is 5.80. The molecule has 0 radical (unpaired) electrons. The molecule has 0 aliphatic heterocycles. The van der Waals surface area contributed by atoms with Crippen molar-refractivity contribution in [3.63, 3.8) is 0 Å². The highest BCUT2D eigenvalue weighted by Crippen LogP contribution is 2.30. The van der Waals surface area contributed by atoms with Gasteiger partial charge in [-0.05, 0) is 13.8 Å². The third-order valence-electron chi connectivity index (χ3n) is 3.67. The maximum atomic E-state index is 5.80. The van der Waals surface area contributed by atoms with Crippen LogP contribution in [0.25, 0.3) is 22.3 Å². The average molecular weight is 255 g/mol. The topological polar surface area (TPSA) is 60.6 Å². The first-order valence-corrected chi connectivity index (χ1v) is 6.30. The van der Waals surface area contributed by atoms with Crippen molar-refractivity contribution in [2.75, 3.05) is 0 Å². The number of hydrogen-bond donors (Lipinski definition) is 0. The van der Waals surface area contributed by atoms with Gasteiger partial charge in [0.25, 0.3) is 0 Å². The Labute approximate surface area is 108 Å². The van der Waals surface area contributed by atoms with Crippen molar-refractivity contribution in [1.29, 1.82) is 0 Å². The van der Waals surface area contributed by atoms with Gasteiger partial charge in [0, 0.05) is 18.1 Å². The molecule has 0 unspecified atom stereocenters. The van der Waals surface area contributed by atoms with Crippen LogP contribution in [0.2, 0.25) is 0 Å². The highest BCUT2D eigenvalue weighted by Gasteiger charge is 2.18. The van der Waals surface area contributed by atoms with E-state index in [-0.39, 0.29) is 0 Å². The standard InChI is InChI=1S/C13H13N5O/c1-4-11-16-17-6-14-15-13(17)9-5-10-12(18(9)11)7(2)8(3)19-10/h5-6H,4H2,1-3H3. The highest BCUT2D eigenvalue weighted by molar-refractivity contribution is 5.91. The van der Waals surface area contributed by atoms with Crippen molar-refractivity contribution in [2.45, 2.75) is 27.2 Å². The zero-order valence-corrected chi connectivity index (χ0v) is 11.0. The van der Waals surface area contributed by atoms with Gasteiger partial charge in [-0.25, -0.2) is 0 Å². The molecule has 0 aromatic carbocycles. The van der Waals surface area contributed by atoms with Crippen LogP contribution in [-0.2, 0) is 6.42 Å². The van der Waals surface area contributed by atoms with Gasteiger partial charge in [0.05, 0.1) is 11.0 Å². The van der Waals surface area contributed by atoms with Crippen molar-refractivity contribution in [2.24, 2.45) is 0 Å². The van der Waals surface area contributed by atoms with E-state index in [9.17, 15) is 0 Å². The van der Waals surface area contributed by atoms with Crippen LogP contribution < -0.4 is 0 Å². The molecule has 0 saturated heterocycles. The summed E-state index contributed by atoms with van der Waals surface area (Å²) >= 11 is 0. The minimum atomic E-state index is 0.751. The minimum absolute atomic E-state index is 0.751. The molecule has 6 nitrogen and oxygen atoms in total. The molecule has 4 aromatic heterocycles. The lowest BCUT2D eigenvalue weighted by Gasteiger charge is -2.05. The van der Waals surface area contributed by atoms with Crippen molar-refractivity contribution in [3.05, 3.63) is 29.5 Å². The summed E-state index contributed by atoms with van der Waals surface area (Å²) in [6, 6.07) is 2.01. The Balaban J connectivity index is 2.35. The summed E-state index contributed by atoms with van der Waals surface area (Å²) in [6.45, 7) is 6.14. The SMILES string of the molecule is CCc1nn2cnnc2c2cc3oc(C)c(C)c3n12. The Morgan fingerprint density at radius 2 is 2.16 bits per heavy atom. The van der Waals surface area contributed by atoms with Crippen LogP contribution in [0.3, 0.4) is 0 Å². The van der Waals surface area contributed by atoms with Gasteiger partial charge in [0.2, 0.25) is 5.65 Å². The van der Waals surface area contributed by atoms with Gasteiger partial charge >= 0.3 is 0 Å². The van der Waals surface area contributed by atoms with E-state index >= 15 is 0 Å². The molecule has 0 amide bonds. The fourth-order valence-corrected chi connectivity index (χ4v) is 2.63. The number of hydrogen-bond acceptors (Lipinski definition) is 4. The van der Waals surface area contributed by atoms with Crippen LogP contribution >= 0.6 is 0 Å². The van der Waals surface area contributed by atoms with Crippen molar-refractivity contribution in [3.8, 4) is 0 Å². The first kappa shape index (κ1) is 10.5. The van der Waals surface area contributed by atoms with Gasteiger partial charge < -0.3 is 4.42 Å². The Morgan fingerprint density at radius 1 is 1.32 bits per heavy atom. The molecule has 4 aromatic rings. The lowest BCUT2D eigenvalue weighted by Crippen LogP contribution is -2.05. The van der Waals surface area contributed by atoms with Gasteiger partial charge in [0.15, 0.2) is 5.58 Å². The molecular formula is C13H13N5O. The number of aryl methyl sites for hydroxylation is 3. The Bertz CT molecular complexity index is 927. The molecule has 6 heteroatoms. The molecule has 0 saturated carbocycles. The van der Waals surface area contributed by atoms with Gasteiger partial charge in [-0.15, -0.1) is 10.2 Å². The first-order chi connectivity index (χ1) is 9.20. The van der Waals surface area contributed by atoms with E-state index in [0.29, 0.717) is 0 Å². The third kappa shape index (κ3) is 1.18. The van der Waals surface area contributed by atoms with Gasteiger partial charge in [-0.1, -0.05) is 6.92 Å². The highest BCUT2D eigenvalue weighted by atomic mass is 16.3. The monoisotopic (exact) mass is 255 g/mol. The van der Waals surface area contributed by atoms with E-state index in [1.807, 2.05) is 13.0 Å². The first-order valence-electron chi connectivity index (χ1n) is 6.30. The third-order valence-corrected chi connectivity index (χ3v) is 3.67. The molecule has 4 rings (SSSR count). The van der Waals surface area contributed by atoms with Gasteiger partial charge in [0.1, 0.15) is 17.9 Å². The zero-order valence-electron chi connectivity index (χ0n) is 11.0. The van der Waals surface area contributed by atoms with E-state index in [1.54, 1.807) is 10.8 Å². The molecule has 0 aliphatic carbocycles. The molecule has 0 spiro atoms. The summed E-state index contributed by atoms with van der Waals surface area (Å²) in [4.78, 5) is 0. The molecule has 0 N–H and O–H groups in total. The second-order valence-electron chi connectivity index (χ2n) is 4.73. The summed E-state index contributed by atoms with van der Waals surface area (Å²) in [7, 11) is 0. The van der Waals surface area contributed by atoms with Crippen molar-refractivity contribution in [1.82, 2.24) is 24.2 Å². The summed E-state index contributed by atoms with van der Waals surface area (Å²) in [6.07, 6.45) is 2.46. The number of aromatic nitrogens is 5. The lowest BCUT2D eigenvalue weighted by molar-refractivity contribution is 0.575. The van der Waals surface area contributed by atoms with Gasteiger partial charge in [-0.2, -0.15) is 9.61 Å². The fourth-order valence-electron chi connectivity index (χ4n) is 2.63. The Hall–Kier alpha value is -2.37. The zero-order chi connectivity index (χ0) is 13.1. The van der Waals surface area contributed by atoms with E-state index in [2.05, 4.69) is 33.5 Å². The Kier molecular flexibility index (Phi) is 1.86. The summed E-state index contributed by atoms with van der Waals surface area (Å²) in [5.41, 5.74) is 4.85. The number of furan rings is 1. The molecule has 4 heterocycles. The smallest absolute Gasteiger partial charge is 0.201 e. The van der Waals surface area contributed by atoms with Gasteiger partial charge in [-0.3, -0.25) is 4.40 Å². The lowest BCUT2D eigenvalue weighted by atomic mass is 10.2. The predicted molar refractivity (Wildman–Crippen MR) is 70.4 cm³/mol. The average Bonchev–Trinajstić information content (AvgIpc) is 3.04. The van der Waals surface area contributed by atoms with Crippen LogP contribution in [0.4, 0.5) is 0 Å². The van der Waals surface area contributed by atoms with Crippen LogP contribution in [0.15, 0.2) is 16.8 Å². The van der Waals surface area contributed by atoms with Crippen molar-refractivity contribution >= 4 is 22.3 Å². The van der Waals surface area contributed by atoms with E-state index < -0.39 is 0 Å². The predicted octanol–water partition coefficient (Wildman–Crippen LogP) is 2.30. The molecule has 0 fully saturated rings. The quantitative estimate of drug-likeness (QED) is 0.523. The maximum Gasteiger partial charge on any atom is 0.201 e. The molecular weight excluding hydrogens is 242 g/mol. The second kappa shape index (κ2) is 3.34. The van der Waals surface area contributed by atoms with Crippen LogP contribution in [-0.4, -0.2) is 24.2 Å². The molecule has 0 aliphatic rings. The normalized spacial score (nSPS) is 12.2. The van der Waals surface area contributed by atoms with E-state index in [0.717, 1.165) is 45.8 Å². The minimum Gasteiger partial charge on any atom is -0.459 e. The molecule has 96 valence electrons. The van der Waals surface area contributed by atoms with E-state index in [1.165, 1.54) is 0 Å². The second-order valence-corrected chi connectivity index (χ2v) is 4.73. The fraction of sp³-hybridized carbons (Fsp3) is 0.308. The van der Waals surface area contributed by atoms with Crippen LogP contribution in [0.5, 0.6) is 0 Å². The Morgan fingerprint density at radius 3 is 2.95 bits per heavy atom. The largest absolute Gasteiger partial charge is 0.459 e. The summed E-state index contributed by atoms with van der Waals surface area (Å²) in [5, 5.41) is 12.6. The van der Waals surface area contributed by atoms with E-state index in [4.69, 9.17) is 4.42 Å². The number of rotatable bonds is 1. The number of fused-ring (bicyclic) bond motifs is 5. The molecule has 0 bridgehead atoms. The molecule has 0 atom stereocenters. The molecule has 19 heavy (non-hydrogen) atoms.